The van der Waals surface area contributed by atoms with Crippen LogP contribution in [0.25, 0.3) is 11.0 Å². The van der Waals surface area contributed by atoms with Crippen molar-refractivity contribution in [2.24, 2.45) is 7.05 Å². The Morgan fingerprint density at radius 1 is 1.16 bits per heavy atom. The van der Waals surface area contributed by atoms with Crippen LogP contribution in [-0.4, -0.2) is 14.5 Å². The standard InChI is InChI=1S/C15H15N3O/c1-11-17-14-13(18(11)2)8-9-16-15(14)19-10-12-6-4-3-5-7-12/h3-9H,10H2,1-2H3. The van der Waals surface area contributed by atoms with Gasteiger partial charge >= 0.3 is 0 Å². The van der Waals surface area contributed by atoms with Crippen LogP contribution >= 0.6 is 0 Å². The molecular formula is C15H15N3O. The topological polar surface area (TPSA) is 39.9 Å². The highest BCUT2D eigenvalue weighted by Crippen LogP contribution is 2.23. The number of aromatic nitrogens is 3. The molecule has 96 valence electrons. The van der Waals surface area contributed by atoms with Gasteiger partial charge in [-0.1, -0.05) is 30.3 Å². The first-order valence-corrected chi connectivity index (χ1v) is 6.20. The van der Waals surface area contributed by atoms with Gasteiger partial charge in [0.1, 0.15) is 12.4 Å². The van der Waals surface area contributed by atoms with E-state index in [0.717, 1.165) is 22.4 Å². The lowest BCUT2D eigenvalue weighted by atomic mass is 10.2. The Morgan fingerprint density at radius 3 is 2.74 bits per heavy atom. The van der Waals surface area contributed by atoms with E-state index in [1.54, 1.807) is 6.20 Å². The summed E-state index contributed by atoms with van der Waals surface area (Å²) in [4.78, 5) is 8.78. The van der Waals surface area contributed by atoms with Gasteiger partial charge in [0.2, 0.25) is 5.88 Å². The third kappa shape index (κ3) is 2.17. The van der Waals surface area contributed by atoms with Crippen molar-refractivity contribution in [3.05, 3.63) is 54.0 Å². The van der Waals surface area contributed by atoms with Crippen molar-refractivity contribution >= 4 is 11.0 Å². The molecule has 0 N–H and O–H groups in total. The number of rotatable bonds is 3. The fourth-order valence-electron chi connectivity index (χ4n) is 2.04. The molecule has 0 fully saturated rings. The number of aryl methyl sites for hydroxylation is 2. The highest BCUT2D eigenvalue weighted by molar-refractivity contribution is 5.80. The normalized spacial score (nSPS) is 10.8. The number of hydrogen-bond donors (Lipinski definition) is 0. The van der Waals surface area contributed by atoms with E-state index in [-0.39, 0.29) is 0 Å². The third-order valence-corrected chi connectivity index (χ3v) is 3.21. The highest BCUT2D eigenvalue weighted by Gasteiger charge is 2.10. The maximum Gasteiger partial charge on any atom is 0.242 e. The van der Waals surface area contributed by atoms with E-state index < -0.39 is 0 Å². The van der Waals surface area contributed by atoms with Crippen LogP contribution in [0.5, 0.6) is 5.88 Å². The lowest BCUT2D eigenvalue weighted by Gasteiger charge is -2.05. The Balaban J connectivity index is 1.91. The quantitative estimate of drug-likeness (QED) is 0.720. The van der Waals surface area contributed by atoms with Crippen molar-refractivity contribution in [3.8, 4) is 5.88 Å². The molecule has 2 aromatic heterocycles. The molecule has 0 spiro atoms. The fourth-order valence-corrected chi connectivity index (χ4v) is 2.04. The zero-order valence-corrected chi connectivity index (χ0v) is 11.0. The summed E-state index contributed by atoms with van der Waals surface area (Å²) in [5.41, 5.74) is 2.97. The van der Waals surface area contributed by atoms with Crippen LogP contribution in [0.1, 0.15) is 11.4 Å². The number of pyridine rings is 1. The molecule has 0 saturated heterocycles. The number of nitrogens with zero attached hydrogens (tertiary/aromatic N) is 3. The van der Waals surface area contributed by atoms with E-state index in [1.807, 2.05) is 54.9 Å². The van der Waals surface area contributed by atoms with Crippen LogP contribution in [0.15, 0.2) is 42.6 Å². The Morgan fingerprint density at radius 2 is 1.95 bits per heavy atom. The van der Waals surface area contributed by atoms with Gasteiger partial charge in [-0.25, -0.2) is 9.97 Å². The Bertz CT molecular complexity index is 704. The number of benzene rings is 1. The van der Waals surface area contributed by atoms with Gasteiger partial charge in [-0.3, -0.25) is 0 Å². The van der Waals surface area contributed by atoms with Crippen LogP contribution in [0.2, 0.25) is 0 Å². The number of hydrogen-bond acceptors (Lipinski definition) is 3. The molecule has 3 aromatic rings. The number of fused-ring (bicyclic) bond motifs is 1. The second-order valence-electron chi connectivity index (χ2n) is 4.48. The van der Waals surface area contributed by atoms with Crippen LogP contribution in [0.3, 0.4) is 0 Å². The van der Waals surface area contributed by atoms with Crippen molar-refractivity contribution in [2.75, 3.05) is 0 Å². The van der Waals surface area contributed by atoms with Crippen molar-refractivity contribution in [3.63, 3.8) is 0 Å². The average Bonchev–Trinajstić information content (AvgIpc) is 2.74. The van der Waals surface area contributed by atoms with Crippen LogP contribution < -0.4 is 4.74 Å². The molecule has 2 heterocycles. The molecular weight excluding hydrogens is 238 g/mol. The first-order valence-electron chi connectivity index (χ1n) is 6.20. The van der Waals surface area contributed by atoms with Crippen LogP contribution in [0.4, 0.5) is 0 Å². The maximum atomic E-state index is 5.79. The third-order valence-electron chi connectivity index (χ3n) is 3.21. The highest BCUT2D eigenvalue weighted by atomic mass is 16.5. The predicted molar refractivity (Wildman–Crippen MR) is 74.0 cm³/mol. The molecule has 0 radical (unpaired) electrons. The molecule has 4 nitrogen and oxygen atoms in total. The van der Waals surface area contributed by atoms with Crippen molar-refractivity contribution in [2.45, 2.75) is 13.5 Å². The van der Waals surface area contributed by atoms with Crippen molar-refractivity contribution in [1.29, 1.82) is 0 Å². The van der Waals surface area contributed by atoms with Gasteiger partial charge in [-0.15, -0.1) is 0 Å². The summed E-state index contributed by atoms with van der Waals surface area (Å²) in [5.74, 6) is 1.54. The summed E-state index contributed by atoms with van der Waals surface area (Å²) in [5, 5.41) is 0. The molecule has 0 saturated carbocycles. The summed E-state index contributed by atoms with van der Waals surface area (Å²) < 4.78 is 7.82. The van der Waals surface area contributed by atoms with Crippen LogP contribution in [-0.2, 0) is 13.7 Å². The lowest BCUT2D eigenvalue weighted by molar-refractivity contribution is 0.297. The lowest BCUT2D eigenvalue weighted by Crippen LogP contribution is -1.97. The van der Waals surface area contributed by atoms with Gasteiger partial charge in [-0.05, 0) is 18.6 Å². The van der Waals surface area contributed by atoms with Gasteiger partial charge in [0.05, 0.1) is 5.52 Å². The molecule has 0 aliphatic heterocycles. The monoisotopic (exact) mass is 253 g/mol. The SMILES string of the molecule is Cc1nc2c(OCc3ccccc3)nccc2n1C. The Hall–Kier alpha value is -2.36. The second kappa shape index (κ2) is 4.72. The molecule has 0 bridgehead atoms. The molecule has 4 heteroatoms. The minimum atomic E-state index is 0.503. The average molecular weight is 253 g/mol. The molecule has 0 amide bonds. The summed E-state index contributed by atoms with van der Waals surface area (Å²) in [7, 11) is 1.99. The predicted octanol–water partition coefficient (Wildman–Crippen LogP) is 2.86. The minimum Gasteiger partial charge on any atom is -0.471 e. The fraction of sp³-hybridized carbons (Fsp3) is 0.200. The smallest absolute Gasteiger partial charge is 0.242 e. The largest absolute Gasteiger partial charge is 0.471 e. The Kier molecular flexibility index (Phi) is 2.91. The zero-order valence-electron chi connectivity index (χ0n) is 11.0. The van der Waals surface area contributed by atoms with Gasteiger partial charge in [0, 0.05) is 13.2 Å². The summed E-state index contributed by atoms with van der Waals surface area (Å²) in [6, 6.07) is 12.0. The molecule has 0 unspecified atom stereocenters. The van der Waals surface area contributed by atoms with E-state index in [9.17, 15) is 0 Å². The van der Waals surface area contributed by atoms with E-state index in [4.69, 9.17) is 4.74 Å². The molecule has 0 aliphatic carbocycles. The first-order chi connectivity index (χ1) is 9.25. The number of imidazole rings is 1. The van der Waals surface area contributed by atoms with Crippen molar-refractivity contribution in [1.82, 2.24) is 14.5 Å². The molecule has 0 aliphatic rings. The Labute approximate surface area is 111 Å². The number of ether oxygens (including phenoxy) is 1. The molecule has 3 rings (SSSR count). The van der Waals surface area contributed by atoms with Gasteiger partial charge in [-0.2, -0.15) is 0 Å². The second-order valence-corrected chi connectivity index (χ2v) is 4.48. The van der Waals surface area contributed by atoms with Crippen molar-refractivity contribution < 1.29 is 4.74 Å². The van der Waals surface area contributed by atoms with E-state index in [2.05, 4.69) is 9.97 Å². The summed E-state index contributed by atoms with van der Waals surface area (Å²) in [6.07, 6.45) is 1.75. The van der Waals surface area contributed by atoms with Gasteiger partial charge in [0.15, 0.2) is 5.52 Å². The molecule has 1 aromatic carbocycles. The zero-order chi connectivity index (χ0) is 13.2. The van der Waals surface area contributed by atoms with Gasteiger partial charge < -0.3 is 9.30 Å². The summed E-state index contributed by atoms with van der Waals surface area (Å²) in [6.45, 7) is 2.48. The van der Waals surface area contributed by atoms with E-state index in [0.29, 0.717) is 12.5 Å². The van der Waals surface area contributed by atoms with E-state index in [1.165, 1.54) is 0 Å². The maximum absolute atomic E-state index is 5.79. The summed E-state index contributed by atoms with van der Waals surface area (Å²) >= 11 is 0. The van der Waals surface area contributed by atoms with Crippen LogP contribution in [0, 0.1) is 6.92 Å². The molecule has 19 heavy (non-hydrogen) atoms. The molecule has 0 atom stereocenters. The minimum absolute atomic E-state index is 0.503. The van der Waals surface area contributed by atoms with E-state index >= 15 is 0 Å². The van der Waals surface area contributed by atoms with Gasteiger partial charge in [0.25, 0.3) is 0 Å². The first kappa shape index (κ1) is 11.7.